The van der Waals surface area contributed by atoms with Crippen LogP contribution in [0.1, 0.15) is 66.2 Å². The maximum absolute atomic E-state index is 6.17. The van der Waals surface area contributed by atoms with Crippen molar-refractivity contribution in [3.63, 3.8) is 0 Å². The van der Waals surface area contributed by atoms with E-state index in [9.17, 15) is 0 Å². The van der Waals surface area contributed by atoms with Gasteiger partial charge in [-0.2, -0.15) is 0 Å². The van der Waals surface area contributed by atoms with Crippen LogP contribution in [-0.2, 0) is 4.74 Å². The van der Waals surface area contributed by atoms with E-state index < -0.39 is 0 Å². The van der Waals surface area contributed by atoms with Gasteiger partial charge in [0.1, 0.15) is 6.10 Å². The summed E-state index contributed by atoms with van der Waals surface area (Å²) in [5.41, 5.74) is 1.64. The molecule has 0 saturated carbocycles. The number of allylic oxidation sites excluding steroid dienone is 1. The van der Waals surface area contributed by atoms with Crippen LogP contribution in [0, 0.1) is 0 Å². The zero-order valence-electron chi connectivity index (χ0n) is 14.7. The van der Waals surface area contributed by atoms with Gasteiger partial charge in [-0.05, 0) is 24.8 Å². The molecule has 3 nitrogen and oxygen atoms in total. The van der Waals surface area contributed by atoms with Crippen molar-refractivity contribution in [1.82, 2.24) is 10.2 Å². The predicted octanol–water partition coefficient (Wildman–Crippen LogP) is 3.95. The van der Waals surface area contributed by atoms with Crippen molar-refractivity contribution in [3.8, 4) is 0 Å². The van der Waals surface area contributed by atoms with Gasteiger partial charge in [-0.15, -0.1) is 0 Å². The minimum Gasteiger partial charge on any atom is -0.493 e. The van der Waals surface area contributed by atoms with Crippen molar-refractivity contribution in [2.75, 3.05) is 32.7 Å². The van der Waals surface area contributed by atoms with Crippen molar-refractivity contribution < 1.29 is 4.74 Å². The predicted molar refractivity (Wildman–Crippen MR) is 91.6 cm³/mol. The summed E-state index contributed by atoms with van der Waals surface area (Å²) in [7, 11) is 0. The molecule has 2 aliphatic heterocycles. The topological polar surface area (TPSA) is 24.5 Å². The number of rotatable bonds is 2. The smallest absolute Gasteiger partial charge is 0.115 e. The average Bonchev–Trinajstić information content (AvgIpc) is 2.81. The molecule has 0 bridgehead atoms. The van der Waals surface area contributed by atoms with Crippen LogP contribution in [0.4, 0.5) is 0 Å². The molecule has 3 aliphatic rings. The number of hydrogen-bond donors (Lipinski definition) is 1. The molecule has 1 aliphatic carbocycles. The molecule has 0 aromatic rings. The lowest BCUT2D eigenvalue weighted by Gasteiger charge is -2.29. The van der Waals surface area contributed by atoms with E-state index in [1.165, 1.54) is 57.4 Å². The van der Waals surface area contributed by atoms with Gasteiger partial charge in [0.2, 0.25) is 0 Å². The number of nitrogens with one attached hydrogen (secondary N) is 1. The Labute approximate surface area is 132 Å². The molecule has 21 heavy (non-hydrogen) atoms. The first-order chi connectivity index (χ1) is 10.4. The van der Waals surface area contributed by atoms with Gasteiger partial charge in [0, 0.05) is 45.6 Å². The Morgan fingerprint density at radius 3 is 2.38 bits per heavy atom. The van der Waals surface area contributed by atoms with Crippen molar-refractivity contribution >= 4 is 0 Å². The van der Waals surface area contributed by atoms with E-state index in [-0.39, 0.29) is 0 Å². The van der Waals surface area contributed by atoms with Crippen LogP contribution < -0.4 is 5.32 Å². The Balaban J connectivity index is 0.000000510. The monoisotopic (exact) mass is 296 g/mol. The summed E-state index contributed by atoms with van der Waals surface area (Å²) in [6.07, 6.45) is 8.26. The minimum atomic E-state index is 0.455. The van der Waals surface area contributed by atoms with Gasteiger partial charge < -0.3 is 10.1 Å². The third kappa shape index (κ3) is 5.99. The molecular weight excluding hydrogens is 260 g/mol. The molecule has 0 amide bonds. The molecule has 1 saturated heterocycles. The van der Waals surface area contributed by atoms with Gasteiger partial charge in [0.15, 0.2) is 0 Å². The first kappa shape index (κ1) is 18.5. The van der Waals surface area contributed by atoms with Gasteiger partial charge in [-0.25, -0.2) is 0 Å². The molecule has 3 heteroatoms. The van der Waals surface area contributed by atoms with E-state index in [0.29, 0.717) is 6.10 Å². The van der Waals surface area contributed by atoms with Crippen LogP contribution >= 0.6 is 0 Å². The summed E-state index contributed by atoms with van der Waals surface area (Å²) in [4.78, 5) is 2.55. The number of nitrogens with zero attached hydrogens (tertiary/aromatic N) is 1. The molecule has 1 atom stereocenters. The Hall–Kier alpha value is -0.540. The third-order valence-corrected chi connectivity index (χ3v) is 4.23. The maximum Gasteiger partial charge on any atom is 0.115 e. The Morgan fingerprint density at radius 2 is 1.67 bits per heavy atom. The molecule has 3 rings (SSSR count). The molecule has 2 heterocycles. The van der Waals surface area contributed by atoms with E-state index >= 15 is 0 Å². The normalized spacial score (nSPS) is 25.6. The molecule has 0 aromatic heterocycles. The zero-order chi connectivity index (χ0) is 15.5. The second-order valence-electron chi connectivity index (χ2n) is 5.58. The van der Waals surface area contributed by atoms with Crippen molar-refractivity contribution in [2.45, 2.75) is 72.3 Å². The number of piperazine rings is 1. The molecule has 1 fully saturated rings. The van der Waals surface area contributed by atoms with Crippen molar-refractivity contribution in [2.24, 2.45) is 0 Å². The van der Waals surface area contributed by atoms with Crippen LogP contribution in [0.25, 0.3) is 0 Å². The first-order valence-corrected chi connectivity index (χ1v) is 9.22. The molecule has 0 spiro atoms. The van der Waals surface area contributed by atoms with Gasteiger partial charge >= 0.3 is 0 Å². The molecule has 0 radical (unpaired) electrons. The van der Waals surface area contributed by atoms with Gasteiger partial charge in [-0.1, -0.05) is 34.1 Å². The lowest BCUT2D eigenvalue weighted by molar-refractivity contribution is 0.0851. The van der Waals surface area contributed by atoms with Gasteiger partial charge in [-0.3, -0.25) is 4.90 Å². The summed E-state index contributed by atoms with van der Waals surface area (Å²) < 4.78 is 6.17. The summed E-state index contributed by atoms with van der Waals surface area (Å²) in [6, 6.07) is 0. The molecule has 1 N–H and O–H groups in total. The van der Waals surface area contributed by atoms with Crippen LogP contribution in [0.3, 0.4) is 0 Å². The molecular formula is C18H36N2O. The van der Waals surface area contributed by atoms with Crippen LogP contribution in [0.5, 0.6) is 0 Å². The first-order valence-electron chi connectivity index (χ1n) is 9.22. The van der Waals surface area contributed by atoms with Crippen LogP contribution in [0.2, 0.25) is 0 Å². The fourth-order valence-corrected chi connectivity index (χ4v) is 3.28. The number of hydrogen-bond acceptors (Lipinski definition) is 3. The lowest BCUT2D eigenvalue weighted by atomic mass is 10.0. The summed E-state index contributed by atoms with van der Waals surface area (Å²) in [5, 5.41) is 3.40. The van der Waals surface area contributed by atoms with Crippen LogP contribution in [-0.4, -0.2) is 43.7 Å². The standard InChI is InChI=1S/C14H24N2O.2C2H6/c1-2-4-12-10-13(17-14(12)5-3-1)11-16-8-6-15-7-9-16;2*1-2/h13,15H,1-11H2;2*1-2H3. The maximum atomic E-state index is 6.17. The SMILES string of the molecule is C1CCC2=C(CC1)OC(CN1CCNCC1)C2.CC.CC. The summed E-state index contributed by atoms with van der Waals surface area (Å²) in [6.45, 7) is 13.8. The van der Waals surface area contributed by atoms with Gasteiger partial charge in [0.05, 0.1) is 5.76 Å². The van der Waals surface area contributed by atoms with E-state index in [1.54, 1.807) is 5.57 Å². The Kier molecular flexibility index (Phi) is 9.77. The highest BCUT2D eigenvalue weighted by Gasteiger charge is 2.28. The minimum absolute atomic E-state index is 0.455. The Bertz CT molecular complexity index is 278. The zero-order valence-corrected chi connectivity index (χ0v) is 14.7. The summed E-state index contributed by atoms with van der Waals surface area (Å²) in [5.74, 6) is 1.36. The summed E-state index contributed by atoms with van der Waals surface area (Å²) >= 11 is 0. The highest BCUT2D eigenvalue weighted by molar-refractivity contribution is 5.16. The van der Waals surface area contributed by atoms with E-state index in [2.05, 4.69) is 10.2 Å². The fourth-order valence-electron chi connectivity index (χ4n) is 3.28. The third-order valence-electron chi connectivity index (χ3n) is 4.23. The molecule has 1 unspecified atom stereocenters. The second-order valence-corrected chi connectivity index (χ2v) is 5.58. The second kappa shape index (κ2) is 11.1. The van der Waals surface area contributed by atoms with E-state index in [1.807, 2.05) is 27.7 Å². The average molecular weight is 296 g/mol. The quantitative estimate of drug-likeness (QED) is 0.835. The lowest BCUT2D eigenvalue weighted by Crippen LogP contribution is -2.46. The van der Waals surface area contributed by atoms with E-state index in [0.717, 1.165) is 19.6 Å². The Morgan fingerprint density at radius 1 is 1.00 bits per heavy atom. The highest BCUT2D eigenvalue weighted by Crippen LogP contribution is 2.35. The molecule has 0 aromatic carbocycles. The van der Waals surface area contributed by atoms with Crippen molar-refractivity contribution in [1.29, 1.82) is 0 Å². The number of ether oxygens (including phenoxy) is 1. The van der Waals surface area contributed by atoms with Crippen molar-refractivity contribution in [3.05, 3.63) is 11.3 Å². The highest BCUT2D eigenvalue weighted by atomic mass is 16.5. The van der Waals surface area contributed by atoms with Crippen LogP contribution in [0.15, 0.2) is 11.3 Å². The fraction of sp³-hybridized carbons (Fsp3) is 0.889. The molecule has 124 valence electrons. The largest absolute Gasteiger partial charge is 0.493 e. The van der Waals surface area contributed by atoms with Gasteiger partial charge in [0.25, 0.3) is 0 Å². The van der Waals surface area contributed by atoms with E-state index in [4.69, 9.17) is 4.74 Å².